The van der Waals surface area contributed by atoms with Crippen LogP contribution in [0.3, 0.4) is 0 Å². The van der Waals surface area contributed by atoms with Crippen LogP contribution in [0.4, 0.5) is 5.69 Å². The summed E-state index contributed by atoms with van der Waals surface area (Å²) in [6.45, 7) is 0. The minimum Gasteiger partial charge on any atom is -0.355 e. The van der Waals surface area contributed by atoms with Gasteiger partial charge >= 0.3 is 0 Å². The van der Waals surface area contributed by atoms with Crippen molar-refractivity contribution in [1.82, 2.24) is 4.90 Å². The quantitative estimate of drug-likeness (QED) is 0.633. The first-order chi connectivity index (χ1) is 7.54. The van der Waals surface area contributed by atoms with E-state index in [1.165, 1.54) is 4.90 Å². The molecule has 1 aromatic carbocycles. The van der Waals surface area contributed by atoms with Gasteiger partial charge in [0.15, 0.2) is 0 Å². The van der Waals surface area contributed by atoms with Crippen molar-refractivity contribution in [1.29, 1.82) is 0 Å². The normalized spacial score (nSPS) is 25.4. The fraction of sp³-hybridized carbons (Fsp3) is 0.364. The van der Waals surface area contributed by atoms with E-state index in [2.05, 4.69) is 0 Å². The van der Waals surface area contributed by atoms with E-state index in [0.29, 0.717) is 5.56 Å². The second-order valence-electron chi connectivity index (χ2n) is 4.03. The van der Waals surface area contributed by atoms with Gasteiger partial charge in [0.1, 0.15) is 12.3 Å². The third-order valence-corrected chi connectivity index (χ3v) is 3.08. The maximum absolute atomic E-state index is 12.1. The molecule has 2 rings (SSSR count). The van der Waals surface area contributed by atoms with Gasteiger partial charge in [0.05, 0.1) is 11.3 Å². The molecular weight excluding hydrogens is 204 g/mol. The van der Waals surface area contributed by atoms with Crippen molar-refractivity contribution in [3.8, 4) is 0 Å². The average Bonchev–Trinajstić information content (AvgIpc) is 2.38. The van der Waals surface area contributed by atoms with Gasteiger partial charge in [-0.05, 0) is 12.1 Å². The maximum atomic E-state index is 12.1. The number of benzene rings is 1. The molecule has 2 unspecified atom stereocenters. The molecule has 0 bridgehead atoms. The van der Waals surface area contributed by atoms with Crippen LogP contribution in [0.15, 0.2) is 24.3 Å². The lowest BCUT2D eigenvalue weighted by Crippen LogP contribution is -2.58. The standard InChI is InChI=1S/C11H16N4O/c1-14-8-6-4-3-5-7(8)11(16)15(2)10(13)9(14)12/h3-6,9-10H,12-13H2,1-2H3. The summed E-state index contributed by atoms with van der Waals surface area (Å²) in [4.78, 5) is 15.4. The van der Waals surface area contributed by atoms with Crippen LogP contribution in [-0.2, 0) is 0 Å². The molecular formula is C11H16N4O. The molecule has 5 heteroatoms. The summed E-state index contributed by atoms with van der Waals surface area (Å²) >= 11 is 0. The van der Waals surface area contributed by atoms with Gasteiger partial charge in [0.2, 0.25) is 0 Å². The number of amides is 1. The number of nitrogens with two attached hydrogens (primary N) is 2. The lowest BCUT2D eigenvalue weighted by molar-refractivity contribution is 0.0726. The predicted molar refractivity (Wildman–Crippen MR) is 62.9 cm³/mol. The lowest BCUT2D eigenvalue weighted by Gasteiger charge is -2.31. The van der Waals surface area contributed by atoms with E-state index in [4.69, 9.17) is 11.5 Å². The smallest absolute Gasteiger partial charge is 0.257 e. The topological polar surface area (TPSA) is 75.6 Å². The molecule has 16 heavy (non-hydrogen) atoms. The predicted octanol–water partition coefficient (Wildman–Crippen LogP) is -0.222. The van der Waals surface area contributed by atoms with Crippen molar-refractivity contribution in [2.45, 2.75) is 12.3 Å². The number of carbonyl (C=O) groups excluding carboxylic acids is 1. The SMILES string of the molecule is CN1C(=O)c2ccccc2N(C)C(N)C1N. The zero-order valence-corrected chi connectivity index (χ0v) is 9.42. The molecule has 1 amide bonds. The summed E-state index contributed by atoms with van der Waals surface area (Å²) < 4.78 is 0. The van der Waals surface area contributed by atoms with Crippen LogP contribution in [0.2, 0.25) is 0 Å². The summed E-state index contributed by atoms with van der Waals surface area (Å²) in [5, 5.41) is 0. The minimum atomic E-state index is -0.509. The van der Waals surface area contributed by atoms with Crippen molar-refractivity contribution in [2.24, 2.45) is 11.5 Å². The second kappa shape index (κ2) is 3.77. The zero-order valence-electron chi connectivity index (χ0n) is 9.42. The van der Waals surface area contributed by atoms with Crippen molar-refractivity contribution in [3.63, 3.8) is 0 Å². The molecule has 0 radical (unpaired) electrons. The van der Waals surface area contributed by atoms with Crippen molar-refractivity contribution < 1.29 is 4.79 Å². The van der Waals surface area contributed by atoms with Crippen LogP contribution >= 0.6 is 0 Å². The number of para-hydroxylation sites is 1. The third-order valence-electron chi connectivity index (χ3n) is 3.08. The van der Waals surface area contributed by atoms with Crippen LogP contribution < -0.4 is 16.4 Å². The van der Waals surface area contributed by atoms with Crippen LogP contribution in [0.1, 0.15) is 10.4 Å². The number of nitrogens with zero attached hydrogens (tertiary/aromatic N) is 2. The Morgan fingerprint density at radius 3 is 2.31 bits per heavy atom. The van der Waals surface area contributed by atoms with E-state index in [9.17, 15) is 4.79 Å². The van der Waals surface area contributed by atoms with E-state index >= 15 is 0 Å². The molecule has 1 aliphatic heterocycles. The third kappa shape index (κ3) is 1.45. The molecule has 0 aromatic heterocycles. The molecule has 0 spiro atoms. The van der Waals surface area contributed by atoms with E-state index in [1.54, 1.807) is 13.1 Å². The number of anilines is 1. The maximum Gasteiger partial charge on any atom is 0.257 e. The molecule has 0 aliphatic carbocycles. The Labute approximate surface area is 94.6 Å². The number of carbonyl (C=O) groups is 1. The Morgan fingerprint density at radius 1 is 1.06 bits per heavy atom. The molecule has 1 aromatic rings. The Bertz CT molecular complexity index is 420. The van der Waals surface area contributed by atoms with E-state index in [0.717, 1.165) is 5.69 Å². The van der Waals surface area contributed by atoms with Crippen molar-refractivity contribution in [3.05, 3.63) is 29.8 Å². The number of likely N-dealkylation sites (N-methyl/N-ethyl adjacent to an activating group) is 2. The van der Waals surface area contributed by atoms with Gasteiger partial charge in [0, 0.05) is 14.1 Å². The Balaban J connectivity index is 2.57. The number of hydrogen-bond acceptors (Lipinski definition) is 4. The molecule has 1 aliphatic rings. The highest BCUT2D eigenvalue weighted by molar-refractivity contribution is 6.00. The number of rotatable bonds is 0. The summed E-state index contributed by atoms with van der Waals surface area (Å²) in [5.74, 6) is -0.0945. The van der Waals surface area contributed by atoms with Gasteiger partial charge in [-0.3, -0.25) is 4.79 Å². The molecule has 0 saturated heterocycles. The molecule has 0 fully saturated rings. The van der Waals surface area contributed by atoms with Crippen molar-refractivity contribution >= 4 is 11.6 Å². The van der Waals surface area contributed by atoms with Crippen LogP contribution in [-0.4, -0.2) is 37.2 Å². The molecule has 0 saturated carbocycles. The van der Waals surface area contributed by atoms with Gasteiger partial charge in [0.25, 0.3) is 5.91 Å². The molecule has 5 nitrogen and oxygen atoms in total. The van der Waals surface area contributed by atoms with Gasteiger partial charge < -0.3 is 21.3 Å². The summed E-state index contributed by atoms with van der Waals surface area (Å²) in [6.07, 6.45) is -0.914. The van der Waals surface area contributed by atoms with E-state index in [-0.39, 0.29) is 5.91 Å². The highest BCUT2D eigenvalue weighted by Crippen LogP contribution is 2.25. The fourth-order valence-corrected chi connectivity index (χ4v) is 1.91. The Hall–Kier alpha value is -1.59. The zero-order chi connectivity index (χ0) is 11.9. The Kier molecular flexibility index (Phi) is 2.57. The summed E-state index contributed by atoms with van der Waals surface area (Å²) in [7, 11) is 3.51. The molecule has 4 N–H and O–H groups in total. The molecule has 86 valence electrons. The minimum absolute atomic E-state index is 0.0945. The van der Waals surface area contributed by atoms with E-state index in [1.807, 2.05) is 30.1 Å². The lowest BCUT2D eigenvalue weighted by atomic mass is 10.1. The average molecular weight is 220 g/mol. The highest BCUT2D eigenvalue weighted by atomic mass is 16.2. The van der Waals surface area contributed by atoms with Crippen molar-refractivity contribution in [2.75, 3.05) is 19.0 Å². The monoisotopic (exact) mass is 220 g/mol. The fourth-order valence-electron chi connectivity index (χ4n) is 1.91. The molecule has 1 heterocycles. The number of fused-ring (bicyclic) bond motifs is 1. The highest BCUT2D eigenvalue weighted by Gasteiger charge is 2.32. The summed E-state index contributed by atoms with van der Waals surface area (Å²) in [5.41, 5.74) is 13.4. The first-order valence-electron chi connectivity index (χ1n) is 5.14. The van der Waals surface area contributed by atoms with Crippen LogP contribution in [0.5, 0.6) is 0 Å². The van der Waals surface area contributed by atoms with Gasteiger partial charge in [-0.15, -0.1) is 0 Å². The summed E-state index contributed by atoms with van der Waals surface area (Å²) in [6, 6.07) is 7.38. The Morgan fingerprint density at radius 2 is 1.62 bits per heavy atom. The van der Waals surface area contributed by atoms with Gasteiger partial charge in [-0.25, -0.2) is 0 Å². The van der Waals surface area contributed by atoms with Crippen LogP contribution in [0, 0.1) is 0 Å². The van der Waals surface area contributed by atoms with Crippen LogP contribution in [0.25, 0.3) is 0 Å². The largest absolute Gasteiger partial charge is 0.355 e. The first-order valence-corrected chi connectivity index (χ1v) is 5.14. The second-order valence-corrected chi connectivity index (χ2v) is 4.03. The van der Waals surface area contributed by atoms with E-state index < -0.39 is 12.3 Å². The van der Waals surface area contributed by atoms with Gasteiger partial charge in [-0.1, -0.05) is 12.1 Å². The molecule has 2 atom stereocenters. The van der Waals surface area contributed by atoms with Gasteiger partial charge in [-0.2, -0.15) is 0 Å². The number of hydrogen-bond donors (Lipinski definition) is 2. The first kappa shape index (κ1) is 10.9.